The molecule has 33 heavy (non-hydrogen) atoms. The molecule has 0 unspecified atom stereocenters. The lowest BCUT2D eigenvalue weighted by molar-refractivity contribution is -0.145. The van der Waals surface area contributed by atoms with Crippen LogP contribution in [0.1, 0.15) is 57.1 Å². The summed E-state index contributed by atoms with van der Waals surface area (Å²) in [6, 6.07) is 6.03. The van der Waals surface area contributed by atoms with Crippen molar-refractivity contribution < 1.29 is 29.4 Å². The predicted octanol–water partition coefficient (Wildman–Crippen LogP) is 1.60. The SMILES string of the molecule is CC(C)CN(CCC(=O)O)C(=O)[C@H](CC(=O)O)NC(=O)CCCCc1ccc(C(=N)N)cc1. The Morgan fingerprint density at radius 2 is 1.67 bits per heavy atom. The molecule has 2 amide bonds. The van der Waals surface area contributed by atoms with Crippen LogP contribution in [0.2, 0.25) is 0 Å². The molecule has 0 saturated carbocycles. The normalized spacial score (nSPS) is 11.6. The number of aliphatic carboxylic acids is 2. The summed E-state index contributed by atoms with van der Waals surface area (Å²) in [4.78, 5) is 48.7. The lowest BCUT2D eigenvalue weighted by Gasteiger charge is -2.28. The number of aryl methyl sites for hydroxylation is 1. The Morgan fingerprint density at radius 1 is 1.03 bits per heavy atom. The highest BCUT2D eigenvalue weighted by molar-refractivity contribution is 5.94. The topological polar surface area (TPSA) is 174 Å². The number of carbonyl (C=O) groups is 4. The number of benzene rings is 1. The molecule has 1 aromatic rings. The molecule has 6 N–H and O–H groups in total. The number of amidine groups is 1. The fourth-order valence-electron chi connectivity index (χ4n) is 3.29. The molecule has 0 aliphatic heterocycles. The molecule has 0 fully saturated rings. The van der Waals surface area contributed by atoms with E-state index in [9.17, 15) is 24.3 Å². The number of nitrogen functional groups attached to an aromatic ring is 1. The molecule has 0 spiro atoms. The first kappa shape index (κ1) is 27.6. The number of nitrogens with one attached hydrogen (secondary N) is 2. The van der Waals surface area contributed by atoms with Crippen molar-refractivity contribution in [1.82, 2.24) is 10.2 Å². The molecule has 10 nitrogen and oxygen atoms in total. The summed E-state index contributed by atoms with van der Waals surface area (Å²) in [5.74, 6) is -3.26. The largest absolute Gasteiger partial charge is 0.481 e. The van der Waals surface area contributed by atoms with Crippen LogP contribution >= 0.6 is 0 Å². The van der Waals surface area contributed by atoms with Gasteiger partial charge in [0.05, 0.1) is 12.8 Å². The van der Waals surface area contributed by atoms with Gasteiger partial charge in [-0.15, -0.1) is 0 Å². The van der Waals surface area contributed by atoms with Crippen molar-refractivity contribution in [1.29, 1.82) is 5.41 Å². The second-order valence-electron chi connectivity index (χ2n) is 8.36. The Hall–Kier alpha value is -3.43. The zero-order chi connectivity index (χ0) is 25.0. The fourth-order valence-corrected chi connectivity index (χ4v) is 3.29. The number of hydrogen-bond donors (Lipinski definition) is 5. The number of amides is 2. The molecule has 0 aromatic heterocycles. The summed E-state index contributed by atoms with van der Waals surface area (Å²) in [6.07, 6.45) is 1.27. The van der Waals surface area contributed by atoms with Crippen LogP contribution in [0.25, 0.3) is 0 Å². The molecule has 0 saturated heterocycles. The number of unbranched alkanes of at least 4 members (excludes halogenated alkanes) is 1. The highest BCUT2D eigenvalue weighted by Gasteiger charge is 2.28. The minimum Gasteiger partial charge on any atom is -0.481 e. The van der Waals surface area contributed by atoms with Gasteiger partial charge in [-0.2, -0.15) is 0 Å². The monoisotopic (exact) mass is 462 g/mol. The van der Waals surface area contributed by atoms with Crippen molar-refractivity contribution in [3.63, 3.8) is 0 Å². The quantitative estimate of drug-likeness (QED) is 0.149. The van der Waals surface area contributed by atoms with E-state index in [0.717, 1.165) is 12.0 Å². The molecule has 0 aliphatic carbocycles. The summed E-state index contributed by atoms with van der Waals surface area (Å²) in [7, 11) is 0. The second kappa shape index (κ2) is 13.9. The van der Waals surface area contributed by atoms with Gasteiger partial charge in [-0.3, -0.25) is 24.6 Å². The van der Waals surface area contributed by atoms with Gasteiger partial charge in [0, 0.05) is 25.1 Å². The first-order valence-corrected chi connectivity index (χ1v) is 10.9. The summed E-state index contributed by atoms with van der Waals surface area (Å²) in [6.45, 7) is 3.93. The Morgan fingerprint density at radius 3 is 2.18 bits per heavy atom. The van der Waals surface area contributed by atoms with Crippen molar-refractivity contribution in [3.05, 3.63) is 35.4 Å². The number of rotatable bonds is 15. The van der Waals surface area contributed by atoms with E-state index in [1.54, 1.807) is 12.1 Å². The Balaban J connectivity index is 2.63. The average molecular weight is 463 g/mol. The highest BCUT2D eigenvalue weighted by Crippen LogP contribution is 2.10. The summed E-state index contributed by atoms with van der Waals surface area (Å²) >= 11 is 0. The van der Waals surface area contributed by atoms with E-state index in [0.29, 0.717) is 18.4 Å². The third kappa shape index (κ3) is 11.1. The van der Waals surface area contributed by atoms with Gasteiger partial charge < -0.3 is 26.2 Å². The van der Waals surface area contributed by atoms with Crippen LogP contribution in [0.3, 0.4) is 0 Å². The van der Waals surface area contributed by atoms with Crippen LogP contribution in [-0.4, -0.2) is 63.8 Å². The molecular formula is C23H34N4O6. The van der Waals surface area contributed by atoms with E-state index in [-0.39, 0.29) is 37.7 Å². The molecule has 10 heteroatoms. The van der Waals surface area contributed by atoms with Gasteiger partial charge in [0.25, 0.3) is 0 Å². The third-order valence-corrected chi connectivity index (χ3v) is 4.89. The van der Waals surface area contributed by atoms with Crippen molar-refractivity contribution in [3.8, 4) is 0 Å². The first-order valence-electron chi connectivity index (χ1n) is 10.9. The van der Waals surface area contributed by atoms with Crippen molar-refractivity contribution in [2.75, 3.05) is 13.1 Å². The smallest absolute Gasteiger partial charge is 0.305 e. The van der Waals surface area contributed by atoms with E-state index >= 15 is 0 Å². The highest BCUT2D eigenvalue weighted by atomic mass is 16.4. The van der Waals surface area contributed by atoms with E-state index in [1.165, 1.54) is 4.90 Å². The summed E-state index contributed by atoms with van der Waals surface area (Å²) in [5.41, 5.74) is 7.12. The van der Waals surface area contributed by atoms with Gasteiger partial charge in [-0.1, -0.05) is 38.1 Å². The Kier molecular flexibility index (Phi) is 11.6. The zero-order valence-electron chi connectivity index (χ0n) is 19.2. The molecule has 182 valence electrons. The molecule has 1 atom stereocenters. The number of carboxylic acids is 2. The molecular weight excluding hydrogens is 428 g/mol. The van der Waals surface area contributed by atoms with E-state index in [2.05, 4.69) is 5.32 Å². The van der Waals surface area contributed by atoms with Crippen LogP contribution in [0, 0.1) is 11.3 Å². The third-order valence-electron chi connectivity index (χ3n) is 4.89. The minimum absolute atomic E-state index is 0.00129. The Bertz CT molecular complexity index is 838. The number of nitrogens with zero attached hydrogens (tertiary/aromatic N) is 1. The van der Waals surface area contributed by atoms with Crippen molar-refractivity contribution >= 4 is 29.6 Å². The standard InChI is InChI=1S/C23H34N4O6/c1-15(2)14-27(12-11-20(29)30)23(33)18(13-21(31)32)26-19(28)6-4-3-5-16-7-9-17(10-8-16)22(24)25/h7-10,15,18H,3-6,11-14H2,1-2H3,(H3,24,25)(H,26,28)(H,29,30)(H,31,32)/t18-/m0/s1. The van der Waals surface area contributed by atoms with Crippen LogP contribution in [0.15, 0.2) is 24.3 Å². The van der Waals surface area contributed by atoms with Crippen molar-refractivity contribution in [2.24, 2.45) is 11.7 Å². The predicted molar refractivity (Wildman–Crippen MR) is 123 cm³/mol. The summed E-state index contributed by atoms with van der Waals surface area (Å²) in [5, 5.41) is 28.0. The Labute approximate surface area is 193 Å². The van der Waals surface area contributed by atoms with Crippen LogP contribution in [0.5, 0.6) is 0 Å². The van der Waals surface area contributed by atoms with Gasteiger partial charge in [0.15, 0.2) is 0 Å². The maximum absolute atomic E-state index is 12.9. The van der Waals surface area contributed by atoms with Gasteiger partial charge in [0.1, 0.15) is 11.9 Å². The number of carbonyl (C=O) groups excluding carboxylic acids is 2. The molecule has 1 aromatic carbocycles. The lowest BCUT2D eigenvalue weighted by Crippen LogP contribution is -2.50. The molecule has 0 aliphatic rings. The van der Waals surface area contributed by atoms with E-state index < -0.39 is 36.2 Å². The van der Waals surface area contributed by atoms with Gasteiger partial charge in [-0.25, -0.2) is 0 Å². The van der Waals surface area contributed by atoms with Crippen molar-refractivity contribution in [2.45, 2.75) is 58.4 Å². The second-order valence-corrected chi connectivity index (χ2v) is 8.36. The summed E-state index contributed by atoms with van der Waals surface area (Å²) < 4.78 is 0. The lowest BCUT2D eigenvalue weighted by atomic mass is 10.0. The van der Waals surface area contributed by atoms with Gasteiger partial charge >= 0.3 is 11.9 Å². The molecule has 0 bridgehead atoms. The first-order chi connectivity index (χ1) is 15.5. The van der Waals surface area contributed by atoms with Gasteiger partial charge in [0.2, 0.25) is 11.8 Å². The molecule has 0 radical (unpaired) electrons. The number of carboxylic acid groups (broad SMARTS) is 2. The van der Waals surface area contributed by atoms with Crippen LogP contribution in [-0.2, 0) is 25.6 Å². The van der Waals surface area contributed by atoms with E-state index in [4.69, 9.17) is 16.2 Å². The molecule has 0 heterocycles. The maximum Gasteiger partial charge on any atom is 0.305 e. The van der Waals surface area contributed by atoms with Crippen LogP contribution in [0.4, 0.5) is 0 Å². The van der Waals surface area contributed by atoms with E-state index in [1.807, 2.05) is 26.0 Å². The maximum atomic E-state index is 12.9. The fraction of sp³-hybridized carbons (Fsp3) is 0.522. The number of nitrogens with two attached hydrogens (primary N) is 1. The van der Waals surface area contributed by atoms with Gasteiger partial charge in [-0.05, 0) is 30.7 Å². The average Bonchev–Trinajstić information content (AvgIpc) is 2.72. The van der Waals surface area contributed by atoms with Crippen LogP contribution < -0.4 is 11.1 Å². The molecule has 1 rings (SSSR count). The zero-order valence-corrected chi connectivity index (χ0v) is 19.2. The number of hydrogen-bond acceptors (Lipinski definition) is 5. The minimum atomic E-state index is -1.25.